The second-order valence-corrected chi connectivity index (χ2v) is 11.5. The summed E-state index contributed by atoms with van der Waals surface area (Å²) >= 11 is 4.34. The molecule has 0 aliphatic rings. The Kier molecular flexibility index (Phi) is 12.2. The van der Waals surface area contributed by atoms with Crippen LogP contribution in [0.3, 0.4) is 0 Å². The summed E-state index contributed by atoms with van der Waals surface area (Å²) in [6.45, 7) is 11.6. The molecule has 0 radical (unpaired) electrons. The lowest BCUT2D eigenvalue weighted by atomic mass is 9.97. The highest BCUT2D eigenvalue weighted by molar-refractivity contribution is 7.80. The number of carbonyl (C=O) groups excluding carboxylic acids is 3. The van der Waals surface area contributed by atoms with E-state index in [1.54, 1.807) is 32.9 Å². The molecule has 3 amide bonds. The van der Waals surface area contributed by atoms with E-state index in [2.05, 4.69) is 37.1 Å². The first kappa shape index (κ1) is 32.0. The molecule has 0 heterocycles. The largest absolute Gasteiger partial charge is 0.508 e. The van der Waals surface area contributed by atoms with E-state index in [4.69, 9.17) is 4.74 Å². The SMILES string of the molecule is CC(C)CCC(C)N(C(=O)C(CS)NC(=O)OC(C)(C)C)C(C(=O)NCc1ccccc1)c1cccc(O)c1. The summed E-state index contributed by atoms with van der Waals surface area (Å²) in [6.07, 6.45) is 0.720. The lowest BCUT2D eigenvalue weighted by Crippen LogP contribution is -2.56. The summed E-state index contributed by atoms with van der Waals surface area (Å²) in [7, 11) is 0. The highest BCUT2D eigenvalue weighted by atomic mass is 32.1. The number of carbonyl (C=O) groups is 3. The molecular formula is C30H43N3O5S. The Labute approximate surface area is 237 Å². The van der Waals surface area contributed by atoms with Gasteiger partial charge >= 0.3 is 6.09 Å². The van der Waals surface area contributed by atoms with Gasteiger partial charge in [0.1, 0.15) is 23.4 Å². The maximum absolute atomic E-state index is 14.1. The van der Waals surface area contributed by atoms with Gasteiger partial charge in [0, 0.05) is 18.3 Å². The van der Waals surface area contributed by atoms with Gasteiger partial charge in [-0.05, 0) is 69.7 Å². The number of rotatable bonds is 12. The van der Waals surface area contributed by atoms with Crippen molar-refractivity contribution in [2.24, 2.45) is 5.92 Å². The fourth-order valence-electron chi connectivity index (χ4n) is 4.14. The average Bonchev–Trinajstić information content (AvgIpc) is 2.86. The third kappa shape index (κ3) is 10.5. The van der Waals surface area contributed by atoms with Crippen LogP contribution in [-0.2, 0) is 20.9 Å². The second kappa shape index (κ2) is 14.8. The van der Waals surface area contributed by atoms with E-state index in [1.807, 2.05) is 37.3 Å². The van der Waals surface area contributed by atoms with Gasteiger partial charge in [-0.2, -0.15) is 12.6 Å². The van der Waals surface area contributed by atoms with Crippen LogP contribution < -0.4 is 10.6 Å². The second-order valence-electron chi connectivity index (χ2n) is 11.1. The van der Waals surface area contributed by atoms with Crippen molar-refractivity contribution in [3.63, 3.8) is 0 Å². The van der Waals surface area contributed by atoms with Crippen molar-refractivity contribution in [1.29, 1.82) is 0 Å². The monoisotopic (exact) mass is 557 g/mol. The van der Waals surface area contributed by atoms with Crippen LogP contribution in [-0.4, -0.2) is 51.4 Å². The van der Waals surface area contributed by atoms with Crippen LogP contribution in [0.1, 0.15) is 71.6 Å². The minimum atomic E-state index is -1.06. The van der Waals surface area contributed by atoms with Gasteiger partial charge in [-0.15, -0.1) is 0 Å². The highest BCUT2D eigenvalue weighted by Crippen LogP contribution is 2.29. The Bertz CT molecular complexity index is 1090. The molecular weight excluding hydrogens is 514 g/mol. The summed E-state index contributed by atoms with van der Waals surface area (Å²) < 4.78 is 5.37. The van der Waals surface area contributed by atoms with Gasteiger partial charge in [0.15, 0.2) is 0 Å². The zero-order valence-corrected chi connectivity index (χ0v) is 24.7. The van der Waals surface area contributed by atoms with Gasteiger partial charge < -0.3 is 25.4 Å². The average molecular weight is 558 g/mol. The topological polar surface area (TPSA) is 108 Å². The minimum absolute atomic E-state index is 0.00384. The molecule has 9 heteroatoms. The van der Waals surface area contributed by atoms with Gasteiger partial charge in [0.25, 0.3) is 0 Å². The van der Waals surface area contributed by atoms with Crippen LogP contribution in [0.2, 0.25) is 0 Å². The molecule has 39 heavy (non-hydrogen) atoms. The molecule has 0 aliphatic heterocycles. The van der Waals surface area contributed by atoms with Crippen molar-refractivity contribution in [2.45, 2.75) is 84.7 Å². The van der Waals surface area contributed by atoms with E-state index in [0.29, 0.717) is 17.9 Å². The van der Waals surface area contributed by atoms with Gasteiger partial charge in [-0.1, -0.05) is 56.3 Å². The van der Waals surface area contributed by atoms with Crippen molar-refractivity contribution in [3.05, 3.63) is 65.7 Å². The smallest absolute Gasteiger partial charge is 0.408 e. The third-order valence-electron chi connectivity index (χ3n) is 6.08. The summed E-state index contributed by atoms with van der Waals surface area (Å²) in [5, 5.41) is 15.8. The fraction of sp³-hybridized carbons (Fsp3) is 0.500. The Morgan fingerprint density at radius 3 is 2.23 bits per heavy atom. The minimum Gasteiger partial charge on any atom is -0.508 e. The lowest BCUT2D eigenvalue weighted by molar-refractivity contribution is -0.144. The van der Waals surface area contributed by atoms with Crippen molar-refractivity contribution in [2.75, 3.05) is 5.75 Å². The number of nitrogens with one attached hydrogen (secondary N) is 2. The predicted octanol–water partition coefficient (Wildman–Crippen LogP) is 5.23. The van der Waals surface area contributed by atoms with Gasteiger partial charge in [0.2, 0.25) is 11.8 Å². The number of phenolic OH excluding ortho intramolecular Hbond substituents is 1. The number of nitrogens with zero attached hydrogens (tertiary/aromatic N) is 1. The first-order valence-electron chi connectivity index (χ1n) is 13.4. The summed E-state index contributed by atoms with van der Waals surface area (Å²) in [5.41, 5.74) is 0.617. The first-order chi connectivity index (χ1) is 18.3. The van der Waals surface area contributed by atoms with Gasteiger partial charge in [-0.25, -0.2) is 4.79 Å². The summed E-state index contributed by atoms with van der Waals surface area (Å²) in [6, 6.07) is 13.4. The lowest BCUT2D eigenvalue weighted by Gasteiger charge is -2.38. The molecule has 8 nitrogen and oxygen atoms in total. The molecule has 3 N–H and O–H groups in total. The molecule has 0 aromatic heterocycles. The molecule has 3 atom stereocenters. The Hall–Kier alpha value is -3.20. The molecule has 2 aromatic rings. The number of hydrogen-bond donors (Lipinski definition) is 4. The molecule has 2 aromatic carbocycles. The fourth-order valence-corrected chi connectivity index (χ4v) is 4.39. The van der Waals surface area contributed by atoms with E-state index in [9.17, 15) is 19.5 Å². The van der Waals surface area contributed by atoms with Crippen LogP contribution in [0.4, 0.5) is 4.79 Å². The molecule has 0 bridgehead atoms. The number of ether oxygens (including phenoxy) is 1. The number of aromatic hydroxyl groups is 1. The molecule has 0 aliphatic carbocycles. The van der Waals surface area contributed by atoms with Crippen molar-refractivity contribution in [3.8, 4) is 5.75 Å². The molecule has 3 unspecified atom stereocenters. The number of hydrogen-bond acceptors (Lipinski definition) is 6. The van der Waals surface area contributed by atoms with Crippen LogP contribution in [0.25, 0.3) is 0 Å². The number of benzene rings is 2. The van der Waals surface area contributed by atoms with E-state index < -0.39 is 35.6 Å². The van der Waals surface area contributed by atoms with Crippen molar-refractivity contribution < 1.29 is 24.2 Å². The van der Waals surface area contributed by atoms with E-state index in [1.165, 1.54) is 17.0 Å². The molecule has 0 spiro atoms. The first-order valence-corrected chi connectivity index (χ1v) is 14.0. The Morgan fingerprint density at radius 1 is 1.00 bits per heavy atom. The maximum atomic E-state index is 14.1. The van der Waals surface area contributed by atoms with E-state index >= 15 is 0 Å². The zero-order valence-electron chi connectivity index (χ0n) is 23.8. The van der Waals surface area contributed by atoms with Crippen LogP contribution in [0, 0.1) is 5.92 Å². The van der Waals surface area contributed by atoms with Crippen LogP contribution >= 0.6 is 12.6 Å². The normalized spacial score (nSPS) is 13.7. The Balaban J connectivity index is 2.49. The third-order valence-corrected chi connectivity index (χ3v) is 6.45. The number of phenols is 1. The summed E-state index contributed by atoms with van der Waals surface area (Å²) in [5.74, 6) is -0.492. The van der Waals surface area contributed by atoms with E-state index in [0.717, 1.165) is 12.0 Å². The Morgan fingerprint density at radius 2 is 1.67 bits per heavy atom. The van der Waals surface area contributed by atoms with E-state index in [-0.39, 0.29) is 24.1 Å². The number of amides is 3. The molecule has 214 valence electrons. The maximum Gasteiger partial charge on any atom is 0.408 e. The molecule has 0 saturated heterocycles. The summed E-state index contributed by atoms with van der Waals surface area (Å²) in [4.78, 5) is 42.0. The molecule has 2 rings (SSSR count). The van der Waals surface area contributed by atoms with Crippen LogP contribution in [0.15, 0.2) is 54.6 Å². The molecule has 0 saturated carbocycles. The molecule has 0 fully saturated rings. The number of alkyl carbamates (subject to hydrolysis) is 1. The van der Waals surface area contributed by atoms with Gasteiger partial charge in [0.05, 0.1) is 0 Å². The van der Waals surface area contributed by atoms with Crippen LogP contribution in [0.5, 0.6) is 5.75 Å². The van der Waals surface area contributed by atoms with Crippen molar-refractivity contribution in [1.82, 2.24) is 15.5 Å². The predicted molar refractivity (Wildman–Crippen MR) is 157 cm³/mol. The number of thiol groups is 1. The van der Waals surface area contributed by atoms with Gasteiger partial charge in [-0.3, -0.25) is 9.59 Å². The van der Waals surface area contributed by atoms with Crippen molar-refractivity contribution >= 4 is 30.5 Å². The standard InChI is InChI=1S/C30H43N3O5S/c1-20(2)15-16-21(3)33(28(36)25(19-39)32-29(37)38-30(4,5)6)26(23-13-10-14-24(34)17-23)27(35)31-18-22-11-8-7-9-12-22/h7-14,17,20-21,25-26,34,39H,15-16,18-19H2,1-6H3,(H,31,35)(H,32,37). The zero-order chi connectivity index (χ0) is 29.2. The quantitative estimate of drug-likeness (QED) is 0.268. The highest BCUT2D eigenvalue weighted by Gasteiger charge is 2.38.